The van der Waals surface area contributed by atoms with Gasteiger partial charge in [-0.3, -0.25) is 0 Å². The molecule has 0 radical (unpaired) electrons. The van der Waals surface area contributed by atoms with Crippen LogP contribution >= 0.6 is 0 Å². The third-order valence-electron chi connectivity index (χ3n) is 3.04. The Balaban J connectivity index is 2.09. The molecule has 1 aromatic heterocycles. The van der Waals surface area contributed by atoms with E-state index in [0.29, 0.717) is 6.54 Å². The molecule has 0 aliphatic carbocycles. The lowest BCUT2D eigenvalue weighted by Crippen LogP contribution is -2.15. The first-order valence-corrected chi connectivity index (χ1v) is 6.24. The van der Waals surface area contributed by atoms with Crippen LogP contribution in [0.3, 0.4) is 0 Å². The lowest BCUT2D eigenvalue weighted by Gasteiger charge is -2.13. The summed E-state index contributed by atoms with van der Waals surface area (Å²) in [5, 5.41) is 12.2. The Bertz CT molecular complexity index is 619. The fourth-order valence-electron chi connectivity index (χ4n) is 1.97. The molecule has 0 aliphatic rings. The molecule has 1 aromatic carbocycles. The van der Waals surface area contributed by atoms with Crippen molar-refractivity contribution in [3.63, 3.8) is 0 Å². The summed E-state index contributed by atoms with van der Waals surface area (Å²) in [5.41, 5.74) is 2.07. The van der Waals surface area contributed by atoms with Crippen LogP contribution in [0.15, 0.2) is 30.5 Å². The second-order valence-electron chi connectivity index (χ2n) is 4.74. The van der Waals surface area contributed by atoms with Crippen molar-refractivity contribution in [3.05, 3.63) is 41.7 Å². The lowest BCUT2D eigenvalue weighted by molar-refractivity contribution is 0.0697. The number of nitrogens with zero attached hydrogens (tertiary/aromatic N) is 3. The van der Waals surface area contributed by atoms with Gasteiger partial charge in [0, 0.05) is 26.8 Å². The van der Waals surface area contributed by atoms with Crippen molar-refractivity contribution in [1.29, 1.82) is 0 Å². The number of aromatic carboxylic acids is 1. The topological polar surface area (TPSA) is 70.4 Å². The van der Waals surface area contributed by atoms with Gasteiger partial charge >= 0.3 is 5.97 Å². The number of imidazole rings is 1. The molecule has 20 heavy (non-hydrogen) atoms. The SMILES string of the molecule is CN(C)c1ncc(CNc2cccc(C(=O)O)c2)n1C. The maximum Gasteiger partial charge on any atom is 0.335 e. The highest BCUT2D eigenvalue weighted by molar-refractivity contribution is 5.88. The molecular formula is C14H18N4O2. The zero-order valence-corrected chi connectivity index (χ0v) is 11.8. The number of carbonyl (C=O) groups is 1. The Hall–Kier alpha value is -2.50. The molecule has 0 unspecified atom stereocenters. The monoisotopic (exact) mass is 274 g/mol. The van der Waals surface area contributed by atoms with Gasteiger partial charge < -0.3 is 19.9 Å². The third kappa shape index (κ3) is 2.90. The molecule has 6 heteroatoms. The number of rotatable bonds is 5. The van der Waals surface area contributed by atoms with E-state index < -0.39 is 5.97 Å². The van der Waals surface area contributed by atoms with E-state index in [1.54, 1.807) is 18.2 Å². The number of carboxylic acid groups (broad SMARTS) is 1. The molecule has 0 spiro atoms. The minimum atomic E-state index is -0.927. The van der Waals surface area contributed by atoms with Crippen LogP contribution in [-0.2, 0) is 13.6 Å². The summed E-state index contributed by atoms with van der Waals surface area (Å²) in [6.07, 6.45) is 1.81. The molecule has 2 rings (SSSR count). The third-order valence-corrected chi connectivity index (χ3v) is 3.04. The van der Waals surface area contributed by atoms with Crippen LogP contribution in [0, 0.1) is 0 Å². The van der Waals surface area contributed by atoms with Crippen LogP contribution < -0.4 is 10.2 Å². The molecular weight excluding hydrogens is 256 g/mol. The summed E-state index contributed by atoms with van der Waals surface area (Å²) in [5.74, 6) is -0.0508. The van der Waals surface area contributed by atoms with Crippen molar-refractivity contribution >= 4 is 17.6 Å². The van der Waals surface area contributed by atoms with Crippen LogP contribution in [0.2, 0.25) is 0 Å². The van der Waals surface area contributed by atoms with Crippen LogP contribution in [0.25, 0.3) is 0 Å². The van der Waals surface area contributed by atoms with Gasteiger partial charge in [0.2, 0.25) is 5.95 Å². The zero-order valence-electron chi connectivity index (χ0n) is 11.8. The molecule has 0 aliphatic heterocycles. The van der Waals surface area contributed by atoms with Crippen molar-refractivity contribution < 1.29 is 9.90 Å². The predicted octanol–water partition coefficient (Wildman–Crippen LogP) is 1.80. The van der Waals surface area contributed by atoms with Crippen LogP contribution in [0.4, 0.5) is 11.6 Å². The van der Waals surface area contributed by atoms with E-state index in [0.717, 1.165) is 17.3 Å². The van der Waals surface area contributed by atoms with Crippen molar-refractivity contribution in [2.45, 2.75) is 6.54 Å². The zero-order chi connectivity index (χ0) is 14.7. The molecule has 0 atom stereocenters. The van der Waals surface area contributed by atoms with Gasteiger partial charge in [-0.1, -0.05) is 6.07 Å². The smallest absolute Gasteiger partial charge is 0.335 e. The van der Waals surface area contributed by atoms with Crippen LogP contribution in [0.5, 0.6) is 0 Å². The largest absolute Gasteiger partial charge is 0.478 e. The maximum atomic E-state index is 10.9. The number of carboxylic acids is 1. The number of hydrogen-bond donors (Lipinski definition) is 2. The van der Waals surface area contributed by atoms with Gasteiger partial charge in [-0.2, -0.15) is 0 Å². The first kappa shape index (κ1) is 13.9. The second-order valence-corrected chi connectivity index (χ2v) is 4.74. The Morgan fingerprint density at radius 2 is 2.20 bits per heavy atom. The van der Waals surface area contributed by atoms with Crippen molar-refractivity contribution in [2.24, 2.45) is 7.05 Å². The molecule has 0 amide bonds. The predicted molar refractivity (Wildman–Crippen MR) is 78.3 cm³/mol. The average molecular weight is 274 g/mol. The number of anilines is 2. The highest BCUT2D eigenvalue weighted by atomic mass is 16.4. The van der Waals surface area contributed by atoms with E-state index in [4.69, 9.17) is 5.11 Å². The van der Waals surface area contributed by atoms with Gasteiger partial charge in [0.25, 0.3) is 0 Å². The Morgan fingerprint density at radius 1 is 1.45 bits per heavy atom. The summed E-state index contributed by atoms with van der Waals surface area (Å²) in [7, 11) is 5.83. The molecule has 106 valence electrons. The van der Waals surface area contributed by atoms with E-state index in [1.807, 2.05) is 42.9 Å². The summed E-state index contributed by atoms with van der Waals surface area (Å²) in [6, 6.07) is 6.75. The summed E-state index contributed by atoms with van der Waals surface area (Å²) >= 11 is 0. The van der Waals surface area contributed by atoms with Crippen molar-refractivity contribution in [3.8, 4) is 0 Å². The number of hydrogen-bond acceptors (Lipinski definition) is 4. The molecule has 0 bridgehead atoms. The van der Waals surface area contributed by atoms with Gasteiger partial charge in [-0.05, 0) is 18.2 Å². The van der Waals surface area contributed by atoms with E-state index in [9.17, 15) is 4.79 Å². The summed E-state index contributed by atoms with van der Waals surface area (Å²) in [4.78, 5) is 17.2. The highest BCUT2D eigenvalue weighted by Gasteiger charge is 2.08. The number of nitrogens with one attached hydrogen (secondary N) is 1. The lowest BCUT2D eigenvalue weighted by atomic mass is 10.2. The second kappa shape index (κ2) is 5.64. The fraction of sp³-hybridized carbons (Fsp3) is 0.286. The maximum absolute atomic E-state index is 10.9. The van der Waals surface area contributed by atoms with Gasteiger partial charge in [-0.15, -0.1) is 0 Å². The van der Waals surface area contributed by atoms with Gasteiger partial charge in [0.1, 0.15) is 0 Å². The van der Waals surface area contributed by atoms with E-state index in [1.165, 1.54) is 0 Å². The van der Waals surface area contributed by atoms with E-state index >= 15 is 0 Å². The quantitative estimate of drug-likeness (QED) is 0.870. The molecule has 0 saturated carbocycles. The molecule has 0 saturated heterocycles. The molecule has 2 aromatic rings. The first-order valence-electron chi connectivity index (χ1n) is 6.24. The molecule has 6 nitrogen and oxygen atoms in total. The first-order chi connectivity index (χ1) is 9.49. The average Bonchev–Trinajstić information content (AvgIpc) is 2.78. The standard InChI is InChI=1S/C14H18N4O2/c1-17(2)14-16-9-12(18(14)3)8-15-11-6-4-5-10(7-11)13(19)20/h4-7,9,15H,8H2,1-3H3,(H,19,20). The molecule has 0 fully saturated rings. The number of benzene rings is 1. The minimum Gasteiger partial charge on any atom is -0.478 e. The Kier molecular flexibility index (Phi) is 3.93. The van der Waals surface area contributed by atoms with Crippen LogP contribution in [0.1, 0.15) is 16.1 Å². The van der Waals surface area contributed by atoms with Crippen molar-refractivity contribution in [1.82, 2.24) is 9.55 Å². The van der Waals surface area contributed by atoms with E-state index in [-0.39, 0.29) is 5.56 Å². The molecule has 2 N–H and O–H groups in total. The highest BCUT2D eigenvalue weighted by Crippen LogP contribution is 2.15. The van der Waals surface area contributed by atoms with Gasteiger partial charge in [0.05, 0.1) is 24.0 Å². The summed E-state index contributed by atoms with van der Waals surface area (Å²) < 4.78 is 1.99. The fourth-order valence-corrected chi connectivity index (χ4v) is 1.97. The van der Waals surface area contributed by atoms with Crippen molar-refractivity contribution in [2.75, 3.05) is 24.3 Å². The Morgan fingerprint density at radius 3 is 2.80 bits per heavy atom. The van der Waals surface area contributed by atoms with E-state index in [2.05, 4.69) is 10.3 Å². The number of aromatic nitrogens is 2. The van der Waals surface area contributed by atoms with Crippen LogP contribution in [-0.4, -0.2) is 34.7 Å². The normalized spacial score (nSPS) is 10.3. The van der Waals surface area contributed by atoms with Gasteiger partial charge in [0.15, 0.2) is 0 Å². The molecule has 1 heterocycles. The summed E-state index contributed by atoms with van der Waals surface area (Å²) in [6.45, 7) is 0.584. The Labute approximate surface area is 117 Å². The van der Waals surface area contributed by atoms with Gasteiger partial charge in [-0.25, -0.2) is 9.78 Å². The minimum absolute atomic E-state index is 0.272.